The molecule has 0 fully saturated rings. The normalized spacial score (nSPS) is 11.2. The number of carbonyl (C=O) groups is 1. The third-order valence-corrected chi connectivity index (χ3v) is 9.34. The Kier molecular flexibility index (Phi) is 28.9. The standard InChI is InChI=1S/C42H76O7/c1-5-9-13-17-21-25-29-33-46-39-36(32-28-24-20-16-12-8-4)38(49-42(44)45)37(43)40(47-34-30-26-22-18-14-10-6-2)41(39)48-35-31-27-23-19-15-11-7-3/h43H,5-35H2,1-4H3,(H,44,45). The molecule has 0 aliphatic rings. The summed E-state index contributed by atoms with van der Waals surface area (Å²) in [5.74, 6) is 0.642. The Morgan fingerprint density at radius 1 is 0.429 bits per heavy atom. The molecule has 7 heteroatoms. The molecule has 1 aromatic carbocycles. The van der Waals surface area contributed by atoms with Crippen LogP contribution in [0.15, 0.2) is 0 Å². The van der Waals surface area contributed by atoms with Gasteiger partial charge >= 0.3 is 6.16 Å². The molecule has 0 radical (unpaired) electrons. The number of rotatable bonds is 35. The first-order chi connectivity index (χ1) is 24.0. The first-order valence-corrected chi connectivity index (χ1v) is 20.7. The lowest BCUT2D eigenvalue weighted by Crippen LogP contribution is -2.12. The molecule has 0 aliphatic carbocycles. The van der Waals surface area contributed by atoms with Gasteiger partial charge in [0.05, 0.1) is 19.8 Å². The van der Waals surface area contributed by atoms with Gasteiger partial charge in [0.1, 0.15) is 0 Å². The topological polar surface area (TPSA) is 94.5 Å². The second-order valence-electron chi connectivity index (χ2n) is 13.9. The minimum absolute atomic E-state index is 0.0755. The number of carboxylic acid groups (broad SMARTS) is 1. The van der Waals surface area contributed by atoms with E-state index in [9.17, 15) is 15.0 Å². The molecule has 7 nitrogen and oxygen atoms in total. The summed E-state index contributed by atoms with van der Waals surface area (Å²) in [7, 11) is 0. The van der Waals surface area contributed by atoms with Crippen molar-refractivity contribution in [2.24, 2.45) is 0 Å². The maximum absolute atomic E-state index is 11.9. The Morgan fingerprint density at radius 2 is 0.755 bits per heavy atom. The van der Waals surface area contributed by atoms with Crippen molar-refractivity contribution in [1.82, 2.24) is 0 Å². The van der Waals surface area contributed by atoms with Gasteiger partial charge in [-0.25, -0.2) is 4.79 Å². The van der Waals surface area contributed by atoms with Gasteiger partial charge in [-0.05, 0) is 32.1 Å². The molecule has 0 unspecified atom stereocenters. The van der Waals surface area contributed by atoms with E-state index in [2.05, 4.69) is 27.7 Å². The zero-order valence-corrected chi connectivity index (χ0v) is 32.4. The van der Waals surface area contributed by atoms with Crippen LogP contribution in [-0.2, 0) is 6.42 Å². The second-order valence-corrected chi connectivity index (χ2v) is 13.9. The fourth-order valence-corrected chi connectivity index (χ4v) is 6.32. The van der Waals surface area contributed by atoms with E-state index in [4.69, 9.17) is 18.9 Å². The van der Waals surface area contributed by atoms with E-state index in [1.54, 1.807) is 0 Å². The van der Waals surface area contributed by atoms with Crippen LogP contribution >= 0.6 is 0 Å². The van der Waals surface area contributed by atoms with E-state index in [1.165, 1.54) is 109 Å². The largest absolute Gasteiger partial charge is 0.511 e. The summed E-state index contributed by atoms with van der Waals surface area (Å²) in [6, 6.07) is 0. The Balaban J connectivity index is 3.30. The number of phenolic OH excluding ortho intramolecular Hbond substituents is 1. The molecule has 0 spiro atoms. The quantitative estimate of drug-likeness (QED) is 0.0415. The van der Waals surface area contributed by atoms with Crippen LogP contribution in [0, 0.1) is 0 Å². The molecule has 286 valence electrons. The zero-order chi connectivity index (χ0) is 35.8. The van der Waals surface area contributed by atoms with Crippen LogP contribution in [0.5, 0.6) is 28.7 Å². The predicted molar refractivity (Wildman–Crippen MR) is 204 cm³/mol. The van der Waals surface area contributed by atoms with E-state index in [0.717, 1.165) is 64.2 Å². The number of hydrogen-bond acceptors (Lipinski definition) is 6. The Morgan fingerprint density at radius 3 is 1.14 bits per heavy atom. The highest BCUT2D eigenvalue weighted by Crippen LogP contribution is 2.54. The summed E-state index contributed by atoms with van der Waals surface area (Å²) < 4.78 is 24.6. The van der Waals surface area contributed by atoms with Gasteiger partial charge in [0, 0.05) is 5.56 Å². The van der Waals surface area contributed by atoms with Crippen LogP contribution in [0.1, 0.15) is 207 Å². The molecule has 49 heavy (non-hydrogen) atoms. The van der Waals surface area contributed by atoms with E-state index in [0.29, 0.717) is 43.3 Å². The number of hydrogen-bond donors (Lipinski definition) is 2. The molecule has 0 atom stereocenters. The summed E-state index contributed by atoms with van der Waals surface area (Å²) in [4.78, 5) is 11.9. The highest BCUT2D eigenvalue weighted by atomic mass is 16.7. The van der Waals surface area contributed by atoms with Crippen molar-refractivity contribution in [3.05, 3.63) is 5.56 Å². The minimum atomic E-state index is -1.47. The SMILES string of the molecule is CCCCCCCCCOc1c(O)c(OC(=O)O)c(CCCCCCCC)c(OCCCCCCCCC)c1OCCCCCCCCC. The number of ether oxygens (including phenoxy) is 4. The predicted octanol–water partition coefficient (Wildman–Crippen LogP) is 13.7. The van der Waals surface area contributed by atoms with Crippen molar-refractivity contribution >= 4 is 6.16 Å². The third-order valence-electron chi connectivity index (χ3n) is 9.34. The molecule has 1 rings (SSSR count). The monoisotopic (exact) mass is 693 g/mol. The summed E-state index contributed by atoms with van der Waals surface area (Å²) in [6.07, 6.45) is 29.9. The lowest BCUT2D eigenvalue weighted by atomic mass is 10.0. The average Bonchev–Trinajstić information content (AvgIpc) is 3.09. The van der Waals surface area contributed by atoms with Gasteiger partial charge in [-0.3, -0.25) is 0 Å². The third kappa shape index (κ3) is 21.5. The minimum Gasteiger partial charge on any atom is -0.502 e. The maximum atomic E-state index is 11.9. The van der Waals surface area contributed by atoms with Crippen molar-refractivity contribution in [1.29, 1.82) is 0 Å². The molecule has 0 heterocycles. The van der Waals surface area contributed by atoms with Crippen LogP contribution in [0.3, 0.4) is 0 Å². The molecular formula is C42H76O7. The summed E-state index contributed by atoms with van der Waals surface area (Å²) in [5, 5.41) is 21.3. The van der Waals surface area contributed by atoms with E-state index in [-0.39, 0.29) is 17.2 Å². The van der Waals surface area contributed by atoms with Gasteiger partial charge in [-0.2, -0.15) is 0 Å². The van der Waals surface area contributed by atoms with Gasteiger partial charge in [0.25, 0.3) is 0 Å². The van der Waals surface area contributed by atoms with E-state index >= 15 is 0 Å². The van der Waals surface area contributed by atoms with Gasteiger partial charge in [0.2, 0.25) is 17.2 Å². The van der Waals surface area contributed by atoms with Crippen LogP contribution in [0.25, 0.3) is 0 Å². The Labute approximate surface area is 301 Å². The summed E-state index contributed by atoms with van der Waals surface area (Å²) >= 11 is 0. The molecule has 2 N–H and O–H groups in total. The van der Waals surface area contributed by atoms with Gasteiger partial charge < -0.3 is 29.2 Å². The second kappa shape index (κ2) is 31.7. The number of unbranched alkanes of at least 4 members (excludes halogenated alkanes) is 23. The average molecular weight is 693 g/mol. The van der Waals surface area contributed by atoms with Crippen molar-refractivity contribution in [3.63, 3.8) is 0 Å². The van der Waals surface area contributed by atoms with Crippen molar-refractivity contribution in [2.45, 2.75) is 207 Å². The van der Waals surface area contributed by atoms with Crippen molar-refractivity contribution in [3.8, 4) is 28.7 Å². The number of benzene rings is 1. The lowest BCUT2D eigenvalue weighted by Gasteiger charge is -2.23. The number of aromatic hydroxyl groups is 1. The molecule has 1 aromatic rings. The first-order valence-electron chi connectivity index (χ1n) is 20.7. The zero-order valence-electron chi connectivity index (χ0n) is 32.4. The van der Waals surface area contributed by atoms with Crippen molar-refractivity contribution in [2.75, 3.05) is 19.8 Å². The fourth-order valence-electron chi connectivity index (χ4n) is 6.32. The fraction of sp³-hybridized carbons (Fsp3) is 0.833. The van der Waals surface area contributed by atoms with E-state index < -0.39 is 6.16 Å². The highest BCUT2D eigenvalue weighted by Gasteiger charge is 2.30. The van der Waals surface area contributed by atoms with Crippen molar-refractivity contribution < 1.29 is 34.0 Å². The molecule has 0 amide bonds. The van der Waals surface area contributed by atoms with Crippen LogP contribution in [0.2, 0.25) is 0 Å². The lowest BCUT2D eigenvalue weighted by molar-refractivity contribution is 0.141. The molecule has 0 saturated heterocycles. The van der Waals surface area contributed by atoms with Crippen LogP contribution in [-0.4, -0.2) is 36.2 Å². The Bertz CT molecular complexity index is 932. The smallest absolute Gasteiger partial charge is 0.502 e. The molecule has 0 aliphatic heterocycles. The van der Waals surface area contributed by atoms with Gasteiger partial charge in [-0.15, -0.1) is 0 Å². The molecule has 0 aromatic heterocycles. The maximum Gasteiger partial charge on any atom is 0.511 e. The molecule has 0 saturated carbocycles. The molecule has 0 bridgehead atoms. The summed E-state index contributed by atoms with van der Waals surface area (Å²) in [5.41, 5.74) is 0.566. The van der Waals surface area contributed by atoms with Gasteiger partial charge in [0.15, 0.2) is 11.5 Å². The Hall–Kier alpha value is -2.31. The number of phenols is 1. The summed E-state index contributed by atoms with van der Waals surface area (Å²) in [6.45, 7) is 10.3. The van der Waals surface area contributed by atoms with Gasteiger partial charge in [-0.1, -0.05) is 175 Å². The van der Waals surface area contributed by atoms with Crippen LogP contribution < -0.4 is 18.9 Å². The highest BCUT2D eigenvalue weighted by molar-refractivity contribution is 5.73. The first kappa shape index (κ1) is 44.7. The molecular weight excluding hydrogens is 616 g/mol. The van der Waals surface area contributed by atoms with Crippen LogP contribution in [0.4, 0.5) is 4.79 Å². The van der Waals surface area contributed by atoms with E-state index in [1.807, 2.05) is 0 Å².